The number of ether oxygens (including phenoxy) is 1. The average molecular weight is 288 g/mol. The van der Waals surface area contributed by atoms with Crippen molar-refractivity contribution in [2.24, 2.45) is 0 Å². The van der Waals surface area contributed by atoms with Gasteiger partial charge in [-0.3, -0.25) is 0 Å². The van der Waals surface area contributed by atoms with Gasteiger partial charge in [0, 0.05) is 24.0 Å². The van der Waals surface area contributed by atoms with Crippen LogP contribution in [-0.4, -0.2) is 9.97 Å². The fraction of sp³-hybridized carbons (Fsp3) is 0. The summed E-state index contributed by atoms with van der Waals surface area (Å²) in [6, 6.07) is 20.2. The lowest BCUT2D eigenvalue weighted by atomic mass is 10.3. The largest absolute Gasteiger partial charge is 0.439 e. The Morgan fingerprint density at radius 2 is 1.91 bits per heavy atom. The van der Waals surface area contributed by atoms with Gasteiger partial charge in [0.05, 0.1) is 0 Å². The molecular weight excluding hydrogens is 276 g/mol. The van der Waals surface area contributed by atoms with Crippen LogP contribution in [0, 0.1) is 11.3 Å². The number of rotatable bonds is 4. The molecule has 0 aliphatic heterocycles. The van der Waals surface area contributed by atoms with E-state index in [4.69, 9.17) is 10.00 Å². The second-order valence-electron chi connectivity index (χ2n) is 4.44. The van der Waals surface area contributed by atoms with Gasteiger partial charge >= 0.3 is 0 Å². The highest BCUT2D eigenvalue weighted by Gasteiger charge is 2.01. The van der Waals surface area contributed by atoms with E-state index in [1.165, 1.54) is 0 Å². The third kappa shape index (κ3) is 3.38. The molecule has 3 aromatic rings. The van der Waals surface area contributed by atoms with E-state index in [-0.39, 0.29) is 0 Å². The molecule has 0 unspecified atom stereocenters. The predicted molar refractivity (Wildman–Crippen MR) is 83.0 cm³/mol. The molecule has 2 heterocycles. The number of benzene rings is 1. The zero-order valence-corrected chi connectivity index (χ0v) is 11.6. The Morgan fingerprint density at radius 1 is 1.00 bits per heavy atom. The maximum absolute atomic E-state index is 8.87. The van der Waals surface area contributed by atoms with E-state index in [1.54, 1.807) is 30.5 Å². The summed E-state index contributed by atoms with van der Waals surface area (Å²) >= 11 is 0. The average Bonchev–Trinajstić information content (AvgIpc) is 2.56. The molecule has 0 saturated heterocycles. The third-order valence-corrected chi connectivity index (χ3v) is 2.83. The van der Waals surface area contributed by atoms with Gasteiger partial charge in [0.25, 0.3) is 0 Å². The standard InChI is InChI=1S/C17H12N4O/c18-12-14-6-4-8-16(21-14)20-13-5-3-7-15(11-13)22-17-9-1-2-10-19-17/h1-11H,(H,20,21). The number of hydrogen-bond acceptors (Lipinski definition) is 5. The molecule has 0 aliphatic carbocycles. The first-order chi connectivity index (χ1) is 10.8. The molecule has 5 nitrogen and oxygen atoms in total. The number of anilines is 2. The lowest BCUT2D eigenvalue weighted by Gasteiger charge is -2.08. The quantitative estimate of drug-likeness (QED) is 0.788. The summed E-state index contributed by atoms with van der Waals surface area (Å²) in [5.74, 6) is 1.80. The monoisotopic (exact) mass is 288 g/mol. The Labute approximate surface area is 127 Å². The van der Waals surface area contributed by atoms with Crippen molar-refractivity contribution in [1.82, 2.24) is 9.97 Å². The Kier molecular flexibility index (Phi) is 3.94. The van der Waals surface area contributed by atoms with Crippen molar-refractivity contribution < 1.29 is 4.74 Å². The summed E-state index contributed by atoms with van der Waals surface area (Å²) in [7, 11) is 0. The maximum atomic E-state index is 8.87. The van der Waals surface area contributed by atoms with E-state index in [2.05, 4.69) is 15.3 Å². The van der Waals surface area contributed by atoms with Crippen molar-refractivity contribution in [3.05, 3.63) is 72.6 Å². The predicted octanol–water partition coefficient (Wildman–Crippen LogP) is 3.88. The van der Waals surface area contributed by atoms with Gasteiger partial charge < -0.3 is 10.1 Å². The van der Waals surface area contributed by atoms with Gasteiger partial charge in [0.1, 0.15) is 23.3 Å². The van der Waals surface area contributed by atoms with Crippen molar-refractivity contribution in [2.45, 2.75) is 0 Å². The number of hydrogen-bond donors (Lipinski definition) is 1. The van der Waals surface area contributed by atoms with Crippen molar-refractivity contribution in [3.63, 3.8) is 0 Å². The SMILES string of the molecule is N#Cc1cccc(Nc2cccc(Oc3ccccn3)c2)n1. The number of nitrogens with zero attached hydrogens (tertiary/aromatic N) is 3. The Morgan fingerprint density at radius 3 is 2.73 bits per heavy atom. The van der Waals surface area contributed by atoms with Gasteiger partial charge in [-0.2, -0.15) is 5.26 Å². The summed E-state index contributed by atoms with van der Waals surface area (Å²) in [5, 5.41) is 12.0. The Bertz CT molecular complexity index is 812. The number of pyridine rings is 2. The highest BCUT2D eigenvalue weighted by atomic mass is 16.5. The number of aromatic nitrogens is 2. The van der Waals surface area contributed by atoms with E-state index >= 15 is 0 Å². The van der Waals surface area contributed by atoms with Crippen LogP contribution in [-0.2, 0) is 0 Å². The summed E-state index contributed by atoms with van der Waals surface area (Å²) in [5.41, 5.74) is 1.18. The summed E-state index contributed by atoms with van der Waals surface area (Å²) in [6.07, 6.45) is 1.68. The van der Waals surface area contributed by atoms with E-state index in [0.29, 0.717) is 23.1 Å². The van der Waals surface area contributed by atoms with Crippen molar-refractivity contribution >= 4 is 11.5 Å². The summed E-state index contributed by atoms with van der Waals surface area (Å²) in [6.45, 7) is 0. The highest BCUT2D eigenvalue weighted by Crippen LogP contribution is 2.24. The first-order valence-corrected chi connectivity index (χ1v) is 6.66. The molecule has 0 atom stereocenters. The molecule has 0 fully saturated rings. The molecule has 0 aliphatic rings. The molecule has 1 N–H and O–H groups in total. The third-order valence-electron chi connectivity index (χ3n) is 2.83. The topological polar surface area (TPSA) is 70.8 Å². The zero-order valence-electron chi connectivity index (χ0n) is 11.6. The van der Waals surface area contributed by atoms with E-state index in [0.717, 1.165) is 5.69 Å². The van der Waals surface area contributed by atoms with Crippen LogP contribution in [0.15, 0.2) is 66.9 Å². The molecule has 0 amide bonds. The van der Waals surface area contributed by atoms with Crippen LogP contribution in [0.5, 0.6) is 11.6 Å². The van der Waals surface area contributed by atoms with Gasteiger partial charge in [-0.1, -0.05) is 18.2 Å². The molecule has 0 radical (unpaired) electrons. The fourth-order valence-electron chi connectivity index (χ4n) is 1.88. The second kappa shape index (κ2) is 6.37. The lowest BCUT2D eigenvalue weighted by Crippen LogP contribution is -1.95. The minimum absolute atomic E-state index is 0.367. The Balaban J connectivity index is 1.78. The van der Waals surface area contributed by atoms with Gasteiger partial charge in [0.2, 0.25) is 5.88 Å². The van der Waals surface area contributed by atoms with E-state index < -0.39 is 0 Å². The summed E-state index contributed by atoms with van der Waals surface area (Å²) in [4.78, 5) is 8.29. The van der Waals surface area contributed by atoms with Crippen molar-refractivity contribution in [3.8, 4) is 17.7 Å². The van der Waals surface area contributed by atoms with Crippen LogP contribution in [0.1, 0.15) is 5.69 Å². The molecule has 3 rings (SSSR count). The molecule has 106 valence electrons. The molecular formula is C17H12N4O. The minimum atomic E-state index is 0.367. The zero-order chi connectivity index (χ0) is 15.2. The highest BCUT2D eigenvalue weighted by molar-refractivity contribution is 5.58. The van der Waals surface area contributed by atoms with E-state index in [9.17, 15) is 0 Å². The number of nitrogens with one attached hydrogen (secondary N) is 1. The Hall–Kier alpha value is -3.39. The molecule has 5 heteroatoms. The van der Waals surface area contributed by atoms with Crippen LogP contribution in [0.3, 0.4) is 0 Å². The van der Waals surface area contributed by atoms with Gasteiger partial charge in [-0.25, -0.2) is 9.97 Å². The normalized spacial score (nSPS) is 9.77. The smallest absolute Gasteiger partial charge is 0.219 e. The van der Waals surface area contributed by atoms with Crippen LogP contribution in [0.25, 0.3) is 0 Å². The fourth-order valence-corrected chi connectivity index (χ4v) is 1.88. The van der Waals surface area contributed by atoms with Crippen LogP contribution in [0.4, 0.5) is 11.5 Å². The van der Waals surface area contributed by atoms with Crippen molar-refractivity contribution in [1.29, 1.82) is 5.26 Å². The van der Waals surface area contributed by atoms with Gasteiger partial charge in [-0.05, 0) is 30.3 Å². The van der Waals surface area contributed by atoms with Crippen LogP contribution >= 0.6 is 0 Å². The first-order valence-electron chi connectivity index (χ1n) is 6.66. The molecule has 2 aromatic heterocycles. The second-order valence-corrected chi connectivity index (χ2v) is 4.44. The molecule has 0 spiro atoms. The molecule has 22 heavy (non-hydrogen) atoms. The van der Waals surface area contributed by atoms with Crippen LogP contribution < -0.4 is 10.1 Å². The van der Waals surface area contributed by atoms with Gasteiger partial charge in [0.15, 0.2) is 0 Å². The molecule has 0 saturated carbocycles. The van der Waals surface area contributed by atoms with Crippen molar-refractivity contribution in [2.75, 3.05) is 5.32 Å². The number of nitriles is 1. The lowest BCUT2D eigenvalue weighted by molar-refractivity contribution is 0.463. The maximum Gasteiger partial charge on any atom is 0.219 e. The molecule has 1 aromatic carbocycles. The minimum Gasteiger partial charge on any atom is -0.439 e. The van der Waals surface area contributed by atoms with Gasteiger partial charge in [-0.15, -0.1) is 0 Å². The van der Waals surface area contributed by atoms with E-state index in [1.807, 2.05) is 42.5 Å². The summed E-state index contributed by atoms with van der Waals surface area (Å²) < 4.78 is 5.68. The first kappa shape index (κ1) is 13.6. The molecule has 0 bridgehead atoms. The van der Waals surface area contributed by atoms with Crippen LogP contribution in [0.2, 0.25) is 0 Å².